The number of aliphatic hydroxyl groups is 1. The number of ether oxygens (including phenoxy) is 6. The highest BCUT2D eigenvalue weighted by Crippen LogP contribution is 2.40. The van der Waals surface area contributed by atoms with Crippen LogP contribution in [-0.2, 0) is 52.6 Å². The second-order valence-electron chi connectivity index (χ2n) is 21.3. The number of unbranched alkanes of at least 4 members (excludes halogenated alkanes) is 2. The number of oxazole rings is 1. The number of hydrogen-bond donors (Lipinski definition) is 2. The van der Waals surface area contributed by atoms with Gasteiger partial charge in [0.05, 0.1) is 74.3 Å². The van der Waals surface area contributed by atoms with Crippen molar-refractivity contribution >= 4 is 52.3 Å². The molecule has 2 saturated heterocycles. The van der Waals surface area contributed by atoms with Gasteiger partial charge in [0.15, 0.2) is 17.3 Å². The minimum atomic E-state index is -4.80. The molecule has 448 valence electrons. The van der Waals surface area contributed by atoms with Crippen molar-refractivity contribution in [2.45, 2.75) is 103 Å². The molecule has 0 aliphatic carbocycles. The first-order valence-electron chi connectivity index (χ1n) is 27.9. The van der Waals surface area contributed by atoms with E-state index >= 15 is 0 Å². The van der Waals surface area contributed by atoms with Crippen LogP contribution < -0.4 is 24.6 Å². The van der Waals surface area contributed by atoms with E-state index in [4.69, 9.17) is 45.1 Å². The van der Waals surface area contributed by atoms with Crippen LogP contribution >= 0.6 is 12.2 Å². The molecule has 5 aromatic rings. The van der Waals surface area contributed by atoms with Crippen LogP contribution in [0.3, 0.4) is 0 Å². The van der Waals surface area contributed by atoms with Gasteiger partial charge in [-0.3, -0.25) is 24.1 Å². The highest BCUT2D eigenvalue weighted by Gasteiger charge is 2.51. The average Bonchev–Trinajstić information content (AvgIpc) is 3.36. The Kier molecular flexibility index (Phi) is 21.2. The third-order valence-electron chi connectivity index (χ3n) is 14.7. The molecule has 0 bridgehead atoms. The van der Waals surface area contributed by atoms with E-state index in [1.807, 2.05) is 51.1 Å². The molecule has 0 saturated carbocycles. The third-order valence-corrected chi connectivity index (χ3v) is 15.1. The van der Waals surface area contributed by atoms with Crippen molar-refractivity contribution in [3.05, 3.63) is 125 Å². The van der Waals surface area contributed by atoms with E-state index in [9.17, 15) is 42.7 Å². The van der Waals surface area contributed by atoms with Crippen molar-refractivity contribution < 1.29 is 70.3 Å². The molecule has 4 heterocycles. The van der Waals surface area contributed by atoms with Crippen LogP contribution in [0.5, 0.6) is 11.5 Å². The number of hydrogen-bond acceptors (Lipinski definition) is 15. The van der Waals surface area contributed by atoms with Crippen LogP contribution in [0.4, 0.5) is 24.5 Å². The van der Waals surface area contributed by atoms with Crippen molar-refractivity contribution in [3.8, 4) is 28.9 Å². The van der Waals surface area contributed by atoms with Gasteiger partial charge in [-0.2, -0.15) is 18.4 Å². The van der Waals surface area contributed by atoms with E-state index in [1.54, 1.807) is 66.1 Å². The van der Waals surface area contributed by atoms with Gasteiger partial charge in [0.1, 0.15) is 42.3 Å². The topological polar surface area (TPSA) is 219 Å². The van der Waals surface area contributed by atoms with Crippen LogP contribution in [0.1, 0.15) is 91.7 Å². The number of carbonyl (C=O) groups excluding carboxylic acids is 4. The predicted octanol–water partition coefficient (Wildman–Crippen LogP) is 8.41. The molecule has 23 heteroatoms. The lowest BCUT2D eigenvalue weighted by atomic mass is 10.0. The summed E-state index contributed by atoms with van der Waals surface area (Å²) in [5, 5.41) is 22.9. The summed E-state index contributed by atoms with van der Waals surface area (Å²) in [6, 6.07) is 22.5. The molecule has 4 amide bonds. The number of β-amino-alcohol motifs (C(OH)–C–C–N with tert-alkyl or cyclic N) is 1. The maximum atomic E-state index is 14.2. The molecule has 8 rings (SSSR count). The lowest BCUT2D eigenvalue weighted by molar-refractivity contribution is -0.143. The number of amides is 4. The molecular weight excluding hydrogens is 1110 g/mol. The van der Waals surface area contributed by atoms with Gasteiger partial charge in [-0.15, -0.1) is 0 Å². The van der Waals surface area contributed by atoms with E-state index < -0.39 is 52.8 Å². The number of nitrogens with zero attached hydrogens (tertiary/aromatic N) is 6. The molecule has 3 aliphatic rings. The first-order chi connectivity index (χ1) is 40.3. The first kappa shape index (κ1) is 62.6. The number of aryl methyl sites for hydroxylation is 1. The first-order valence-corrected chi connectivity index (χ1v) is 28.4. The Bertz CT molecular complexity index is 3170. The quantitative estimate of drug-likeness (QED) is 0.0339. The number of benzene rings is 4. The molecule has 0 spiro atoms. The maximum Gasteiger partial charge on any atom is 0.417 e. The second-order valence-corrected chi connectivity index (χ2v) is 21.7. The number of likely N-dealkylation sites (tertiary alicyclic amines) is 1. The number of aromatic nitrogens is 1. The Morgan fingerprint density at radius 1 is 0.857 bits per heavy atom. The number of thiocarbonyl (C=S) groups is 1. The Morgan fingerprint density at radius 3 is 2.13 bits per heavy atom. The summed E-state index contributed by atoms with van der Waals surface area (Å²) in [6.45, 7) is 13.0. The fraction of sp³-hybridized carbons (Fsp3) is 0.459. The number of nitrogens with one attached hydrogen (secondary N) is 1. The number of alkyl halides is 3. The largest absolute Gasteiger partial charge is 0.491 e. The van der Waals surface area contributed by atoms with Gasteiger partial charge in [0.2, 0.25) is 11.8 Å². The summed E-state index contributed by atoms with van der Waals surface area (Å²) in [4.78, 5) is 64.9. The monoisotopic (exact) mass is 1180 g/mol. The van der Waals surface area contributed by atoms with Gasteiger partial charge < -0.3 is 58.0 Å². The summed E-state index contributed by atoms with van der Waals surface area (Å²) < 4.78 is 81.8. The SMILES string of the molecule is Cc1ncoc1-c1ccc(CNC(=O)[C@@H]2C[C@@H](O)CN2C(=O)C(C(C)C)N2Cc3ccccc3C2=O)c(OCCOCCOCCCCCOCCOCCOc2ccc(N3C(=S)N(c4ccc(C#N)c(C(F)(F)F)c4)C(=O)C3(C)C)cc2)c1. The van der Waals surface area contributed by atoms with Gasteiger partial charge in [0.25, 0.3) is 11.8 Å². The highest BCUT2D eigenvalue weighted by molar-refractivity contribution is 7.81. The average molecular weight is 1180 g/mol. The number of halogens is 3. The Hall–Kier alpha value is -7.46. The summed E-state index contributed by atoms with van der Waals surface area (Å²) >= 11 is 5.63. The fourth-order valence-electron chi connectivity index (χ4n) is 10.4. The van der Waals surface area contributed by atoms with Crippen molar-refractivity contribution in [1.29, 1.82) is 5.26 Å². The lowest BCUT2D eigenvalue weighted by Crippen LogP contribution is -2.55. The Morgan fingerprint density at radius 2 is 1.50 bits per heavy atom. The number of fused-ring (bicyclic) bond motifs is 1. The number of anilines is 2. The molecule has 1 aromatic heterocycles. The summed E-state index contributed by atoms with van der Waals surface area (Å²) in [5.74, 6) is -0.198. The molecule has 2 fully saturated rings. The molecule has 19 nitrogen and oxygen atoms in total. The highest BCUT2D eigenvalue weighted by atomic mass is 32.1. The van der Waals surface area contributed by atoms with Gasteiger partial charge in [-0.1, -0.05) is 44.2 Å². The third kappa shape index (κ3) is 14.9. The summed E-state index contributed by atoms with van der Waals surface area (Å²) in [7, 11) is 0. The molecule has 2 N–H and O–H groups in total. The zero-order chi connectivity index (χ0) is 60.1. The Balaban J connectivity index is 0.676. The molecule has 3 aliphatic heterocycles. The van der Waals surface area contributed by atoms with E-state index in [-0.39, 0.29) is 74.4 Å². The van der Waals surface area contributed by atoms with Crippen molar-refractivity contribution in [2.24, 2.45) is 5.92 Å². The minimum absolute atomic E-state index is 0.00374. The maximum absolute atomic E-state index is 14.2. The lowest BCUT2D eigenvalue weighted by Gasteiger charge is -2.35. The molecular formula is C61H70F3N7O12S. The molecule has 3 atom stereocenters. The van der Waals surface area contributed by atoms with Crippen LogP contribution in [0.15, 0.2) is 95.7 Å². The van der Waals surface area contributed by atoms with E-state index in [2.05, 4.69) is 10.3 Å². The zero-order valence-electron chi connectivity index (χ0n) is 47.7. The van der Waals surface area contributed by atoms with E-state index in [0.29, 0.717) is 86.0 Å². The van der Waals surface area contributed by atoms with Gasteiger partial charge in [-0.05, 0) is 118 Å². The number of carbonyl (C=O) groups is 4. The second kappa shape index (κ2) is 28.4. The van der Waals surface area contributed by atoms with Crippen molar-refractivity contribution in [3.63, 3.8) is 0 Å². The zero-order valence-corrected chi connectivity index (χ0v) is 48.5. The van der Waals surface area contributed by atoms with Gasteiger partial charge in [-0.25, -0.2) is 4.98 Å². The summed E-state index contributed by atoms with van der Waals surface area (Å²) in [5.41, 5.74) is 1.03. The molecule has 4 aromatic carbocycles. The van der Waals surface area contributed by atoms with Crippen LogP contribution in [0.2, 0.25) is 0 Å². The Labute approximate surface area is 491 Å². The van der Waals surface area contributed by atoms with Crippen LogP contribution in [-0.4, -0.2) is 145 Å². The number of rotatable bonds is 29. The van der Waals surface area contributed by atoms with Crippen LogP contribution in [0.25, 0.3) is 11.3 Å². The molecule has 0 radical (unpaired) electrons. The van der Waals surface area contributed by atoms with Crippen molar-refractivity contribution in [1.82, 2.24) is 20.1 Å². The smallest absolute Gasteiger partial charge is 0.417 e. The number of aliphatic hydroxyl groups excluding tert-OH is 1. The molecule has 84 heavy (non-hydrogen) atoms. The van der Waals surface area contributed by atoms with Gasteiger partial charge >= 0.3 is 6.18 Å². The standard InChI is InChI=1S/C61H70F3N7O12S/c1-39(2)53(69-36-44-11-7-8-12-49(44)56(69)74)57(75)68-37-47(72)33-51(68)55(73)66-35-43-14-13-41(54-40(3)67-38-83-54)31-52(43)82-30-28-80-26-24-78-22-10-6-9-21-77-23-25-79-27-29-81-48-19-17-45(18-20-48)71-59(84)70(58(76)60(71,4)5)46-16-15-42(34-65)50(32-46)61(62,63)64/h7-8,11-20,31-32,38-39,47,51,53,72H,6,9-10,21-30,33,35-37H2,1-5H3,(H,66,73)/t47-,51+,53?/m1/s1. The summed E-state index contributed by atoms with van der Waals surface area (Å²) in [6.07, 6.45) is -1.64. The van der Waals surface area contributed by atoms with Crippen LogP contribution in [0, 0.1) is 24.2 Å². The predicted molar refractivity (Wildman–Crippen MR) is 307 cm³/mol. The number of nitriles is 1. The molecule has 1 unspecified atom stereocenters. The van der Waals surface area contributed by atoms with E-state index in [1.165, 1.54) is 17.4 Å². The van der Waals surface area contributed by atoms with Crippen molar-refractivity contribution in [2.75, 3.05) is 82.4 Å². The minimum Gasteiger partial charge on any atom is -0.491 e. The normalized spacial score (nSPS) is 17.1. The van der Waals surface area contributed by atoms with Gasteiger partial charge in [0, 0.05) is 61.6 Å². The van der Waals surface area contributed by atoms with E-state index in [0.717, 1.165) is 47.4 Å². The fourth-order valence-corrected chi connectivity index (χ4v) is 10.9.